The zero-order chi connectivity index (χ0) is 20.8. The Morgan fingerprint density at radius 3 is 2.37 bits per heavy atom. The van der Waals surface area contributed by atoms with Gasteiger partial charge in [-0.1, -0.05) is 0 Å². The molecule has 0 fully saturated rings. The van der Waals surface area contributed by atoms with Gasteiger partial charge >= 0.3 is 18.2 Å². The quantitative estimate of drug-likeness (QED) is 0.550. The molecule has 0 aliphatic rings. The fraction of sp³-hybridized carbons (Fsp3) is 0.308. The number of halogens is 3. The summed E-state index contributed by atoms with van der Waals surface area (Å²) in [4.78, 5) is 34.1. The van der Waals surface area contributed by atoms with Crippen LogP contribution in [0.3, 0.4) is 0 Å². The number of hydrogen-bond acceptors (Lipinski definition) is 7. The number of imide groups is 1. The van der Waals surface area contributed by atoms with Gasteiger partial charge in [0.25, 0.3) is 5.91 Å². The van der Waals surface area contributed by atoms with Gasteiger partial charge < -0.3 is 14.8 Å². The van der Waals surface area contributed by atoms with Gasteiger partial charge in [0.15, 0.2) is 6.61 Å². The number of alkyl halides is 3. The highest BCUT2D eigenvalue weighted by atomic mass is 32.2. The standard InChI is InChI=1S/C13H14F3N3O7S/c1-25-9-3-2-7(27(17,23)24)4-8(9)11(21)26-5-10(20)19-12(22)18-6-13(14,15)16/h2-4H,5-6H2,1H3,(H2,17,23,24)(H2,18,19,20,22). The van der Waals surface area contributed by atoms with Crippen molar-refractivity contribution in [2.45, 2.75) is 11.1 Å². The Bertz CT molecular complexity index is 840. The highest BCUT2D eigenvalue weighted by Gasteiger charge is 2.28. The van der Waals surface area contributed by atoms with E-state index in [1.807, 2.05) is 0 Å². The molecule has 1 aromatic carbocycles. The second-order valence-electron chi connectivity index (χ2n) is 4.83. The molecule has 0 spiro atoms. The van der Waals surface area contributed by atoms with Crippen LogP contribution in [0.4, 0.5) is 18.0 Å². The number of amides is 3. The first kappa shape index (κ1) is 22.2. The van der Waals surface area contributed by atoms with Crippen molar-refractivity contribution in [2.75, 3.05) is 20.3 Å². The van der Waals surface area contributed by atoms with Crippen LogP contribution in [-0.2, 0) is 19.6 Å². The maximum Gasteiger partial charge on any atom is 0.405 e. The summed E-state index contributed by atoms with van der Waals surface area (Å²) in [5.41, 5.74) is -0.377. The van der Waals surface area contributed by atoms with Crippen molar-refractivity contribution >= 4 is 27.9 Å². The minimum atomic E-state index is -4.67. The van der Waals surface area contributed by atoms with Crippen molar-refractivity contribution in [3.63, 3.8) is 0 Å². The Morgan fingerprint density at radius 1 is 1.22 bits per heavy atom. The first-order valence-electron chi connectivity index (χ1n) is 6.86. The Morgan fingerprint density at radius 2 is 1.85 bits per heavy atom. The molecule has 0 aromatic heterocycles. The second kappa shape index (κ2) is 8.68. The molecule has 0 aliphatic carbocycles. The molecule has 0 aliphatic heterocycles. The highest BCUT2D eigenvalue weighted by molar-refractivity contribution is 7.89. The molecule has 4 N–H and O–H groups in total. The van der Waals surface area contributed by atoms with Crippen LogP contribution in [0.5, 0.6) is 5.75 Å². The monoisotopic (exact) mass is 413 g/mol. The van der Waals surface area contributed by atoms with E-state index in [2.05, 4.69) is 4.74 Å². The number of rotatable bonds is 6. The number of nitrogens with two attached hydrogens (primary N) is 1. The van der Waals surface area contributed by atoms with Gasteiger partial charge in [0.2, 0.25) is 10.0 Å². The fourth-order valence-corrected chi connectivity index (χ4v) is 2.16. The Hall–Kier alpha value is -2.87. The average Bonchev–Trinajstić information content (AvgIpc) is 2.55. The molecule has 1 rings (SSSR count). The van der Waals surface area contributed by atoms with Crippen molar-refractivity contribution in [3.05, 3.63) is 23.8 Å². The molecule has 1 aromatic rings. The lowest BCUT2D eigenvalue weighted by molar-refractivity contribution is -0.125. The van der Waals surface area contributed by atoms with E-state index in [1.54, 1.807) is 0 Å². The second-order valence-corrected chi connectivity index (χ2v) is 6.39. The molecule has 0 unspecified atom stereocenters. The number of nitrogens with one attached hydrogen (secondary N) is 2. The number of sulfonamides is 1. The molecule has 10 nitrogen and oxygen atoms in total. The summed E-state index contributed by atoms with van der Waals surface area (Å²) in [7, 11) is -2.96. The van der Waals surface area contributed by atoms with E-state index in [4.69, 9.17) is 9.88 Å². The number of ether oxygens (including phenoxy) is 2. The molecule has 14 heteroatoms. The van der Waals surface area contributed by atoms with Crippen LogP contribution >= 0.6 is 0 Å². The number of methoxy groups -OCH3 is 1. The molecule has 0 atom stereocenters. The van der Waals surface area contributed by atoms with Gasteiger partial charge in [-0.25, -0.2) is 23.1 Å². The van der Waals surface area contributed by atoms with Gasteiger partial charge in [0.1, 0.15) is 17.9 Å². The molecule has 0 radical (unpaired) electrons. The van der Waals surface area contributed by atoms with Gasteiger partial charge in [-0.15, -0.1) is 0 Å². The van der Waals surface area contributed by atoms with E-state index >= 15 is 0 Å². The topological polar surface area (TPSA) is 154 Å². The molecule has 0 heterocycles. The number of urea groups is 1. The predicted molar refractivity (Wildman–Crippen MR) is 82.2 cm³/mol. The average molecular weight is 413 g/mol. The minimum absolute atomic E-state index is 0.0873. The van der Waals surface area contributed by atoms with Crippen LogP contribution in [-0.4, -0.2) is 52.8 Å². The maximum atomic E-state index is 12.0. The molecular formula is C13H14F3N3O7S. The zero-order valence-corrected chi connectivity index (χ0v) is 14.4. The Kier molecular flexibility index (Phi) is 7.13. The lowest BCUT2D eigenvalue weighted by Gasteiger charge is -2.11. The van der Waals surface area contributed by atoms with Crippen molar-refractivity contribution in [2.24, 2.45) is 5.14 Å². The van der Waals surface area contributed by atoms with Crippen LogP contribution in [0.1, 0.15) is 10.4 Å². The van der Waals surface area contributed by atoms with Crippen molar-refractivity contribution in [1.29, 1.82) is 0 Å². The molecule has 0 bridgehead atoms. The Labute approximate surface area is 150 Å². The largest absolute Gasteiger partial charge is 0.496 e. The van der Waals surface area contributed by atoms with Crippen LogP contribution in [0.2, 0.25) is 0 Å². The Balaban J connectivity index is 2.71. The van der Waals surface area contributed by atoms with E-state index in [1.165, 1.54) is 17.7 Å². The van der Waals surface area contributed by atoms with E-state index in [9.17, 15) is 36.0 Å². The number of benzene rings is 1. The summed E-state index contributed by atoms with van der Waals surface area (Å²) in [5.74, 6) is -2.50. The third kappa shape index (κ3) is 7.49. The molecule has 0 saturated heterocycles. The van der Waals surface area contributed by atoms with E-state index in [0.29, 0.717) is 0 Å². The SMILES string of the molecule is COc1ccc(S(N)(=O)=O)cc1C(=O)OCC(=O)NC(=O)NCC(F)(F)F. The zero-order valence-electron chi connectivity index (χ0n) is 13.6. The van der Waals surface area contributed by atoms with Crippen LogP contribution in [0, 0.1) is 0 Å². The molecule has 3 amide bonds. The highest BCUT2D eigenvalue weighted by Crippen LogP contribution is 2.22. The van der Waals surface area contributed by atoms with Gasteiger partial charge in [-0.3, -0.25) is 10.1 Å². The summed E-state index contributed by atoms with van der Waals surface area (Å²) in [6.07, 6.45) is -4.67. The third-order valence-electron chi connectivity index (χ3n) is 2.76. The van der Waals surface area contributed by atoms with E-state index < -0.39 is 52.2 Å². The summed E-state index contributed by atoms with van der Waals surface area (Å²) in [5, 5.41) is 7.83. The van der Waals surface area contributed by atoms with Crippen molar-refractivity contribution in [3.8, 4) is 5.75 Å². The number of carbonyl (C=O) groups is 3. The summed E-state index contributed by atoms with van der Waals surface area (Å²) in [6.45, 7) is -2.69. The van der Waals surface area contributed by atoms with Gasteiger partial charge in [0.05, 0.1) is 12.0 Å². The smallest absolute Gasteiger partial charge is 0.405 e. The van der Waals surface area contributed by atoms with Crippen molar-refractivity contribution in [1.82, 2.24) is 10.6 Å². The first-order valence-corrected chi connectivity index (χ1v) is 8.40. The molecule has 27 heavy (non-hydrogen) atoms. The number of esters is 1. The normalized spacial score (nSPS) is 11.4. The summed E-state index contributed by atoms with van der Waals surface area (Å²) < 4.78 is 67.9. The van der Waals surface area contributed by atoms with E-state index in [-0.39, 0.29) is 11.3 Å². The summed E-state index contributed by atoms with van der Waals surface area (Å²) >= 11 is 0. The van der Waals surface area contributed by atoms with Crippen LogP contribution in [0.15, 0.2) is 23.1 Å². The maximum absolute atomic E-state index is 12.0. The molecule has 0 saturated carbocycles. The number of carbonyl (C=O) groups excluding carboxylic acids is 3. The lowest BCUT2D eigenvalue weighted by Crippen LogP contribution is -2.44. The molecule has 150 valence electrons. The van der Waals surface area contributed by atoms with Gasteiger partial charge in [0, 0.05) is 0 Å². The number of primary sulfonamides is 1. The third-order valence-corrected chi connectivity index (χ3v) is 3.67. The summed E-state index contributed by atoms with van der Waals surface area (Å²) in [6, 6.07) is 1.61. The van der Waals surface area contributed by atoms with Crippen molar-refractivity contribution < 1.29 is 45.4 Å². The fourth-order valence-electron chi connectivity index (χ4n) is 1.62. The van der Waals surface area contributed by atoms with Gasteiger partial charge in [-0.2, -0.15) is 13.2 Å². The van der Waals surface area contributed by atoms with Crippen LogP contribution in [0.25, 0.3) is 0 Å². The van der Waals surface area contributed by atoms with Crippen LogP contribution < -0.4 is 20.5 Å². The van der Waals surface area contributed by atoms with Gasteiger partial charge in [-0.05, 0) is 18.2 Å². The minimum Gasteiger partial charge on any atom is -0.496 e. The predicted octanol–water partition coefficient (Wildman–Crippen LogP) is -0.113. The molecular weight excluding hydrogens is 399 g/mol. The number of hydrogen-bond donors (Lipinski definition) is 3. The van der Waals surface area contributed by atoms with E-state index in [0.717, 1.165) is 18.2 Å². The lowest BCUT2D eigenvalue weighted by atomic mass is 10.2. The first-order chi connectivity index (χ1) is 12.3.